The van der Waals surface area contributed by atoms with E-state index in [9.17, 15) is 9.90 Å². The highest BCUT2D eigenvalue weighted by molar-refractivity contribution is 14.0. The molecule has 0 aromatic heterocycles. The Kier molecular flexibility index (Phi) is 13.8. The maximum Gasteiger partial charge on any atom is 0.246 e. The number of anilines is 1. The number of aromatic hydroxyl groups is 1. The summed E-state index contributed by atoms with van der Waals surface area (Å²) in [4.78, 5) is 16.3. The lowest BCUT2D eigenvalue weighted by Gasteiger charge is -2.17. The zero-order chi connectivity index (χ0) is 18.5. The Balaban J connectivity index is 0.00000625. The van der Waals surface area contributed by atoms with E-state index in [1.54, 1.807) is 12.1 Å². The number of halogens is 1. The normalized spacial score (nSPS) is 12.0. The number of rotatable bonds is 10. The van der Waals surface area contributed by atoms with E-state index in [-0.39, 0.29) is 42.2 Å². The number of nitrogens with one attached hydrogen (secondary N) is 3. The summed E-state index contributed by atoms with van der Waals surface area (Å²) in [5.41, 5.74) is 0.639. The third-order valence-electron chi connectivity index (χ3n) is 3.75. The average molecular weight is 476 g/mol. The minimum atomic E-state index is -0.196. The molecule has 0 aliphatic carbocycles. The monoisotopic (exact) mass is 476 g/mol. The highest BCUT2D eigenvalue weighted by Gasteiger charge is 2.07. The molecular weight excluding hydrogens is 443 g/mol. The SMILES string of the molecule is CCCCCCC(C)NC(=NCC(=O)Nc1ccc(O)cc1)NCC.I. The number of carbonyl (C=O) groups is 1. The van der Waals surface area contributed by atoms with Crippen molar-refractivity contribution in [1.82, 2.24) is 10.6 Å². The topological polar surface area (TPSA) is 85.8 Å². The maximum atomic E-state index is 12.0. The summed E-state index contributed by atoms with van der Waals surface area (Å²) < 4.78 is 0. The second kappa shape index (κ2) is 14.6. The molecule has 0 radical (unpaired) electrons. The Morgan fingerprint density at radius 2 is 1.85 bits per heavy atom. The number of phenolic OH excluding ortho intramolecular Hbond substituents is 1. The number of unbranched alkanes of at least 4 members (excludes halogenated alkanes) is 3. The molecule has 1 aromatic carbocycles. The van der Waals surface area contributed by atoms with E-state index in [0.717, 1.165) is 13.0 Å². The molecule has 0 saturated carbocycles. The highest BCUT2D eigenvalue weighted by Crippen LogP contribution is 2.13. The van der Waals surface area contributed by atoms with Crippen LogP contribution in [0.5, 0.6) is 5.75 Å². The summed E-state index contributed by atoms with van der Waals surface area (Å²) in [5, 5.41) is 18.5. The molecule has 4 N–H and O–H groups in total. The fourth-order valence-corrected chi connectivity index (χ4v) is 2.40. The Morgan fingerprint density at radius 3 is 2.46 bits per heavy atom. The van der Waals surface area contributed by atoms with Crippen molar-refractivity contribution in [2.24, 2.45) is 4.99 Å². The summed E-state index contributed by atoms with van der Waals surface area (Å²) in [6, 6.07) is 6.68. The van der Waals surface area contributed by atoms with E-state index in [2.05, 4.69) is 34.8 Å². The number of amides is 1. The van der Waals surface area contributed by atoms with Crippen LogP contribution in [0.25, 0.3) is 0 Å². The quantitative estimate of drug-likeness (QED) is 0.136. The van der Waals surface area contributed by atoms with Gasteiger partial charge >= 0.3 is 0 Å². The molecule has 0 spiro atoms. The van der Waals surface area contributed by atoms with Gasteiger partial charge in [-0.2, -0.15) is 0 Å². The smallest absolute Gasteiger partial charge is 0.246 e. The number of benzene rings is 1. The molecule has 1 aromatic rings. The van der Waals surface area contributed by atoms with E-state index in [0.29, 0.717) is 17.7 Å². The molecule has 0 heterocycles. The second-order valence-corrected chi connectivity index (χ2v) is 6.18. The van der Waals surface area contributed by atoms with Crippen LogP contribution in [0.15, 0.2) is 29.3 Å². The molecule has 0 saturated heterocycles. The van der Waals surface area contributed by atoms with Crippen LogP contribution in [0.3, 0.4) is 0 Å². The number of nitrogens with zero attached hydrogens (tertiary/aromatic N) is 1. The molecule has 1 atom stereocenters. The third kappa shape index (κ3) is 11.2. The van der Waals surface area contributed by atoms with Gasteiger partial charge in [0.25, 0.3) is 0 Å². The van der Waals surface area contributed by atoms with E-state index in [4.69, 9.17) is 0 Å². The predicted octanol–water partition coefficient (Wildman–Crippen LogP) is 3.86. The largest absolute Gasteiger partial charge is 0.508 e. The van der Waals surface area contributed by atoms with E-state index in [1.807, 2.05) is 6.92 Å². The van der Waals surface area contributed by atoms with Crippen LogP contribution in [0.2, 0.25) is 0 Å². The van der Waals surface area contributed by atoms with Crippen molar-refractivity contribution in [1.29, 1.82) is 0 Å². The van der Waals surface area contributed by atoms with Crippen LogP contribution in [0.4, 0.5) is 5.69 Å². The van der Waals surface area contributed by atoms with Gasteiger partial charge < -0.3 is 21.1 Å². The lowest BCUT2D eigenvalue weighted by Crippen LogP contribution is -2.42. The first-order valence-electron chi connectivity index (χ1n) is 9.18. The molecule has 26 heavy (non-hydrogen) atoms. The molecule has 7 heteroatoms. The summed E-state index contributed by atoms with van der Waals surface area (Å²) in [7, 11) is 0. The number of carbonyl (C=O) groups excluding carboxylic acids is 1. The number of hydrogen-bond acceptors (Lipinski definition) is 3. The van der Waals surface area contributed by atoms with Crippen molar-refractivity contribution in [2.75, 3.05) is 18.4 Å². The fraction of sp³-hybridized carbons (Fsp3) is 0.579. The first-order valence-corrected chi connectivity index (χ1v) is 9.18. The summed E-state index contributed by atoms with van der Waals surface area (Å²) in [5.74, 6) is 0.632. The maximum absolute atomic E-state index is 12.0. The van der Waals surface area contributed by atoms with Gasteiger partial charge in [-0.3, -0.25) is 4.79 Å². The first-order chi connectivity index (χ1) is 12.0. The number of guanidine groups is 1. The van der Waals surface area contributed by atoms with E-state index in [1.165, 1.54) is 37.8 Å². The summed E-state index contributed by atoms with van der Waals surface area (Å²) in [6.45, 7) is 7.13. The Bertz CT molecular complexity index is 535. The standard InChI is InChI=1S/C19H32N4O2.HI/c1-4-6-7-8-9-15(3)22-19(20-5-2)21-14-18(25)23-16-10-12-17(24)13-11-16;/h10-13,15,24H,4-9,14H2,1-3H3,(H,23,25)(H2,20,21,22);1H. The van der Waals surface area contributed by atoms with Crippen LogP contribution in [0.1, 0.15) is 52.9 Å². The lowest BCUT2D eigenvalue weighted by atomic mass is 10.1. The second-order valence-electron chi connectivity index (χ2n) is 6.18. The van der Waals surface area contributed by atoms with Crippen molar-refractivity contribution >= 4 is 41.5 Å². The minimum Gasteiger partial charge on any atom is -0.508 e. The van der Waals surface area contributed by atoms with Crippen LogP contribution in [-0.4, -0.2) is 36.1 Å². The summed E-state index contributed by atoms with van der Waals surface area (Å²) in [6.07, 6.45) is 6.05. The third-order valence-corrected chi connectivity index (χ3v) is 3.75. The molecular formula is C19H33IN4O2. The van der Waals surface area contributed by atoms with Crippen LogP contribution in [0, 0.1) is 0 Å². The molecule has 148 valence electrons. The number of hydrogen-bond donors (Lipinski definition) is 4. The molecule has 1 unspecified atom stereocenters. The molecule has 1 rings (SSSR count). The molecule has 0 aliphatic heterocycles. The number of aliphatic imine (C=N–C) groups is 1. The molecule has 6 nitrogen and oxygen atoms in total. The van der Waals surface area contributed by atoms with Crippen LogP contribution in [-0.2, 0) is 4.79 Å². The van der Waals surface area contributed by atoms with Gasteiger partial charge in [0.2, 0.25) is 5.91 Å². The van der Waals surface area contributed by atoms with Gasteiger partial charge in [0.05, 0.1) is 0 Å². The van der Waals surface area contributed by atoms with Gasteiger partial charge in [-0.25, -0.2) is 4.99 Å². The lowest BCUT2D eigenvalue weighted by molar-refractivity contribution is -0.114. The van der Waals surface area contributed by atoms with Crippen molar-refractivity contribution in [3.05, 3.63) is 24.3 Å². The van der Waals surface area contributed by atoms with E-state index >= 15 is 0 Å². The van der Waals surface area contributed by atoms with Crippen molar-refractivity contribution in [3.8, 4) is 5.75 Å². The van der Waals surface area contributed by atoms with Gasteiger partial charge in [0, 0.05) is 18.3 Å². The fourth-order valence-electron chi connectivity index (χ4n) is 2.40. The van der Waals surface area contributed by atoms with Gasteiger partial charge in [0.15, 0.2) is 5.96 Å². The zero-order valence-corrected chi connectivity index (χ0v) is 18.4. The van der Waals surface area contributed by atoms with E-state index < -0.39 is 0 Å². The van der Waals surface area contributed by atoms with Gasteiger partial charge in [-0.15, -0.1) is 24.0 Å². The Labute approximate surface area is 174 Å². The highest BCUT2D eigenvalue weighted by atomic mass is 127. The molecule has 0 bridgehead atoms. The van der Waals surface area contributed by atoms with Gasteiger partial charge in [-0.05, 0) is 44.5 Å². The zero-order valence-electron chi connectivity index (χ0n) is 16.0. The summed E-state index contributed by atoms with van der Waals surface area (Å²) >= 11 is 0. The van der Waals surface area contributed by atoms with Crippen LogP contribution < -0.4 is 16.0 Å². The predicted molar refractivity (Wildman–Crippen MR) is 119 cm³/mol. The van der Waals surface area contributed by atoms with Crippen molar-refractivity contribution in [2.45, 2.75) is 58.9 Å². The molecule has 0 fully saturated rings. The van der Waals surface area contributed by atoms with Crippen LogP contribution >= 0.6 is 24.0 Å². The van der Waals surface area contributed by atoms with Gasteiger partial charge in [0.1, 0.15) is 12.3 Å². The molecule has 1 amide bonds. The van der Waals surface area contributed by atoms with Crippen molar-refractivity contribution in [3.63, 3.8) is 0 Å². The first kappa shape index (κ1) is 24.5. The van der Waals surface area contributed by atoms with Crippen molar-refractivity contribution < 1.29 is 9.90 Å². The Morgan fingerprint density at radius 1 is 1.15 bits per heavy atom. The Hall–Kier alpha value is -1.51. The molecule has 0 aliphatic rings. The number of phenols is 1. The minimum absolute atomic E-state index is 0. The average Bonchev–Trinajstić information content (AvgIpc) is 2.59. The van der Waals surface area contributed by atoms with Gasteiger partial charge in [-0.1, -0.05) is 32.6 Å².